The molecule has 2 aromatic carbocycles. The number of nitrogens with one attached hydrogen (secondary N) is 2. The van der Waals surface area contributed by atoms with E-state index in [2.05, 4.69) is 42.3 Å². The van der Waals surface area contributed by atoms with Crippen LogP contribution in [-0.4, -0.2) is 32.0 Å². The van der Waals surface area contributed by atoms with Gasteiger partial charge in [0.1, 0.15) is 6.33 Å². The highest BCUT2D eigenvalue weighted by Gasteiger charge is 2.09. The van der Waals surface area contributed by atoms with E-state index in [1.54, 1.807) is 42.5 Å². The fourth-order valence-electron chi connectivity index (χ4n) is 1.93. The Morgan fingerprint density at radius 1 is 0.958 bits per heavy atom. The summed E-state index contributed by atoms with van der Waals surface area (Å²) in [6.45, 7) is 0. The molecule has 0 fully saturated rings. The lowest BCUT2D eigenvalue weighted by Gasteiger charge is -2.08. The number of carbonyl (C=O) groups is 2. The highest BCUT2D eigenvalue weighted by molar-refractivity contribution is 9.10. The Morgan fingerprint density at radius 3 is 2.29 bits per heavy atom. The van der Waals surface area contributed by atoms with Gasteiger partial charge in [0, 0.05) is 15.6 Å². The molecule has 0 spiro atoms. The van der Waals surface area contributed by atoms with E-state index in [0.29, 0.717) is 11.1 Å². The SMILES string of the molecule is O=C(NNC(=O)c1cccc(Br)c1)c1ccc(-n2cnnn2)cc1. The first-order valence-corrected chi connectivity index (χ1v) is 7.62. The second-order valence-corrected chi connectivity index (χ2v) is 5.64. The zero-order valence-electron chi connectivity index (χ0n) is 12.2. The van der Waals surface area contributed by atoms with Crippen LogP contribution in [0, 0.1) is 0 Å². The molecule has 3 aromatic rings. The number of benzene rings is 2. The van der Waals surface area contributed by atoms with Gasteiger partial charge in [-0.05, 0) is 52.9 Å². The van der Waals surface area contributed by atoms with Crippen LogP contribution >= 0.6 is 15.9 Å². The molecule has 8 nitrogen and oxygen atoms in total. The molecule has 24 heavy (non-hydrogen) atoms. The molecular formula is C15H11BrN6O2. The zero-order chi connectivity index (χ0) is 16.9. The number of hydrogen-bond acceptors (Lipinski definition) is 5. The van der Waals surface area contributed by atoms with Gasteiger partial charge in [0.05, 0.1) is 5.69 Å². The van der Waals surface area contributed by atoms with Gasteiger partial charge in [-0.15, -0.1) is 5.10 Å². The van der Waals surface area contributed by atoms with E-state index in [-0.39, 0.29) is 0 Å². The van der Waals surface area contributed by atoms with E-state index >= 15 is 0 Å². The van der Waals surface area contributed by atoms with E-state index in [1.165, 1.54) is 11.0 Å². The van der Waals surface area contributed by atoms with Crippen LogP contribution in [0.3, 0.4) is 0 Å². The molecule has 3 rings (SSSR count). The Bertz CT molecular complexity index is 864. The summed E-state index contributed by atoms with van der Waals surface area (Å²) in [5.74, 6) is -0.837. The van der Waals surface area contributed by atoms with Gasteiger partial charge in [-0.25, -0.2) is 4.68 Å². The molecule has 0 aliphatic heterocycles. The Balaban J connectivity index is 1.62. The van der Waals surface area contributed by atoms with Crippen molar-refractivity contribution in [1.82, 2.24) is 31.1 Å². The predicted octanol–water partition coefficient (Wildman–Crippen LogP) is 1.50. The van der Waals surface area contributed by atoms with Crippen molar-refractivity contribution in [1.29, 1.82) is 0 Å². The van der Waals surface area contributed by atoms with Crippen LogP contribution in [0.4, 0.5) is 0 Å². The standard InChI is InChI=1S/C15H11BrN6O2/c16-12-3-1-2-11(8-12)15(24)19-18-14(23)10-4-6-13(7-5-10)22-9-17-20-21-22/h1-9H,(H,18,23)(H,19,24). The van der Waals surface area contributed by atoms with Crippen molar-refractivity contribution in [3.63, 3.8) is 0 Å². The van der Waals surface area contributed by atoms with Crippen molar-refractivity contribution in [3.8, 4) is 5.69 Å². The lowest BCUT2D eigenvalue weighted by atomic mass is 10.2. The van der Waals surface area contributed by atoms with Crippen LogP contribution < -0.4 is 10.9 Å². The average molecular weight is 387 g/mol. The summed E-state index contributed by atoms with van der Waals surface area (Å²) >= 11 is 3.29. The molecular weight excluding hydrogens is 376 g/mol. The number of halogens is 1. The Labute approximate surface area is 145 Å². The van der Waals surface area contributed by atoms with Crippen LogP contribution in [-0.2, 0) is 0 Å². The van der Waals surface area contributed by atoms with Gasteiger partial charge in [-0.2, -0.15) is 0 Å². The quantitative estimate of drug-likeness (QED) is 0.664. The van der Waals surface area contributed by atoms with Crippen LogP contribution in [0.2, 0.25) is 0 Å². The van der Waals surface area contributed by atoms with Crippen molar-refractivity contribution in [3.05, 3.63) is 70.5 Å². The number of aromatic nitrogens is 4. The lowest BCUT2D eigenvalue weighted by Crippen LogP contribution is -2.41. The van der Waals surface area contributed by atoms with E-state index in [9.17, 15) is 9.59 Å². The molecule has 1 heterocycles. The number of hydrogen-bond donors (Lipinski definition) is 2. The molecule has 2 N–H and O–H groups in total. The molecule has 9 heteroatoms. The summed E-state index contributed by atoms with van der Waals surface area (Å²) < 4.78 is 2.25. The Kier molecular flexibility index (Phi) is 4.62. The number of rotatable bonds is 3. The number of hydrazine groups is 1. The van der Waals surface area contributed by atoms with Gasteiger partial charge in [-0.3, -0.25) is 20.4 Å². The van der Waals surface area contributed by atoms with E-state index in [0.717, 1.165) is 10.2 Å². The molecule has 1 aromatic heterocycles. The maximum absolute atomic E-state index is 12.1. The van der Waals surface area contributed by atoms with Crippen LogP contribution in [0.25, 0.3) is 5.69 Å². The molecule has 120 valence electrons. The number of carbonyl (C=O) groups excluding carboxylic acids is 2. The monoisotopic (exact) mass is 386 g/mol. The fraction of sp³-hybridized carbons (Fsp3) is 0. The molecule has 0 radical (unpaired) electrons. The molecule has 0 aliphatic carbocycles. The number of nitrogens with zero attached hydrogens (tertiary/aromatic N) is 4. The third-order valence-corrected chi connectivity index (χ3v) is 3.61. The topological polar surface area (TPSA) is 102 Å². The Hall–Kier alpha value is -3.07. The van der Waals surface area contributed by atoms with Crippen LogP contribution in [0.1, 0.15) is 20.7 Å². The first kappa shape index (κ1) is 15.8. The molecule has 2 amide bonds. The summed E-state index contributed by atoms with van der Waals surface area (Å²) in [5.41, 5.74) is 6.28. The second kappa shape index (κ2) is 7.01. The summed E-state index contributed by atoms with van der Waals surface area (Å²) in [6.07, 6.45) is 1.45. The average Bonchev–Trinajstić information content (AvgIpc) is 3.14. The maximum atomic E-state index is 12.1. The third kappa shape index (κ3) is 3.63. The third-order valence-electron chi connectivity index (χ3n) is 3.12. The minimum absolute atomic E-state index is 0.390. The van der Waals surface area contributed by atoms with E-state index in [4.69, 9.17) is 0 Å². The Morgan fingerprint density at radius 2 is 1.67 bits per heavy atom. The van der Waals surface area contributed by atoms with Gasteiger partial charge >= 0.3 is 0 Å². The van der Waals surface area contributed by atoms with Gasteiger partial charge in [0.15, 0.2) is 0 Å². The van der Waals surface area contributed by atoms with Crippen molar-refractivity contribution < 1.29 is 9.59 Å². The van der Waals surface area contributed by atoms with Crippen LogP contribution in [0.15, 0.2) is 59.3 Å². The van der Waals surface area contributed by atoms with E-state index in [1.807, 2.05) is 6.07 Å². The summed E-state index contributed by atoms with van der Waals surface area (Å²) in [6, 6.07) is 13.5. The van der Waals surface area contributed by atoms with E-state index < -0.39 is 11.8 Å². The second-order valence-electron chi connectivity index (χ2n) is 4.72. The fourth-order valence-corrected chi connectivity index (χ4v) is 2.33. The molecule has 0 bridgehead atoms. The molecule has 0 atom stereocenters. The minimum Gasteiger partial charge on any atom is -0.267 e. The van der Waals surface area contributed by atoms with Crippen molar-refractivity contribution in [2.45, 2.75) is 0 Å². The molecule has 0 saturated heterocycles. The molecule has 0 saturated carbocycles. The smallest absolute Gasteiger partial charge is 0.267 e. The van der Waals surface area contributed by atoms with Crippen molar-refractivity contribution >= 4 is 27.7 Å². The lowest BCUT2D eigenvalue weighted by molar-refractivity contribution is 0.0846. The van der Waals surface area contributed by atoms with Crippen LogP contribution in [0.5, 0.6) is 0 Å². The van der Waals surface area contributed by atoms with Gasteiger partial charge in [0.2, 0.25) is 0 Å². The zero-order valence-corrected chi connectivity index (χ0v) is 13.8. The van der Waals surface area contributed by atoms with Gasteiger partial charge in [-0.1, -0.05) is 22.0 Å². The predicted molar refractivity (Wildman–Crippen MR) is 88.2 cm³/mol. The van der Waals surface area contributed by atoms with Crippen molar-refractivity contribution in [2.75, 3.05) is 0 Å². The number of amides is 2. The summed E-state index contributed by atoms with van der Waals surface area (Å²) in [7, 11) is 0. The minimum atomic E-state index is -0.429. The summed E-state index contributed by atoms with van der Waals surface area (Å²) in [5, 5.41) is 10.8. The normalized spacial score (nSPS) is 10.2. The highest BCUT2D eigenvalue weighted by Crippen LogP contribution is 2.11. The first-order chi connectivity index (χ1) is 11.6. The van der Waals surface area contributed by atoms with Gasteiger partial charge < -0.3 is 0 Å². The maximum Gasteiger partial charge on any atom is 0.269 e. The summed E-state index contributed by atoms with van der Waals surface area (Å²) in [4.78, 5) is 24.0. The largest absolute Gasteiger partial charge is 0.269 e. The molecule has 0 aliphatic rings. The highest BCUT2D eigenvalue weighted by atomic mass is 79.9. The first-order valence-electron chi connectivity index (χ1n) is 6.83. The van der Waals surface area contributed by atoms with Crippen molar-refractivity contribution in [2.24, 2.45) is 0 Å². The van der Waals surface area contributed by atoms with Gasteiger partial charge in [0.25, 0.3) is 11.8 Å². The number of tetrazole rings is 1. The molecule has 0 unspecified atom stereocenters.